The lowest BCUT2D eigenvalue weighted by Gasteiger charge is -2.16. The van der Waals surface area contributed by atoms with Crippen LogP contribution in [-0.4, -0.2) is 81.0 Å². The Balaban J connectivity index is 1.24. The Morgan fingerprint density at radius 1 is 0.975 bits per heavy atom. The van der Waals surface area contributed by atoms with Crippen molar-refractivity contribution < 1.29 is 44.9 Å². The number of phenolic OH excluding ortho intramolecular Hbond substituents is 4. The highest BCUT2D eigenvalue weighted by atomic mass is 16.6. The van der Waals surface area contributed by atoms with Gasteiger partial charge < -0.3 is 45.4 Å². The molecule has 4 atom stereocenters. The molecular weight excluding hydrogens is 526 g/mol. The minimum atomic E-state index is -1.39. The number of aliphatic hydroxyl groups is 2. The second-order valence-electron chi connectivity index (χ2n) is 8.98. The number of hydrogen-bond donors (Lipinski definition) is 7. The van der Waals surface area contributed by atoms with E-state index in [1.165, 1.54) is 53.6 Å². The lowest BCUT2D eigenvalue weighted by Crippen LogP contribution is -2.34. The number of benzene rings is 2. The number of esters is 1. The average Bonchev–Trinajstić information content (AvgIpc) is 3.49. The molecule has 0 amide bonds. The summed E-state index contributed by atoms with van der Waals surface area (Å²) in [5.41, 5.74) is 1.78. The zero-order valence-corrected chi connectivity index (χ0v) is 20.7. The molecule has 1 aliphatic rings. The predicted molar refractivity (Wildman–Crippen MR) is 138 cm³/mol. The molecule has 1 fully saturated rings. The van der Waals surface area contributed by atoms with Gasteiger partial charge in [0.05, 0.1) is 6.33 Å². The second kappa shape index (κ2) is 11.1. The molecule has 0 radical (unpaired) electrons. The van der Waals surface area contributed by atoms with Gasteiger partial charge in [0.1, 0.15) is 31.2 Å². The molecule has 0 spiro atoms. The normalized spacial score (nSPS) is 20.8. The van der Waals surface area contributed by atoms with Crippen LogP contribution in [0.5, 0.6) is 23.0 Å². The summed E-state index contributed by atoms with van der Waals surface area (Å²) in [7, 11) is 0. The number of imidazole rings is 1. The van der Waals surface area contributed by atoms with Crippen molar-refractivity contribution in [2.45, 2.75) is 31.1 Å². The number of ether oxygens (including phenoxy) is 2. The monoisotopic (exact) mass is 551 g/mol. The smallest absolute Gasteiger partial charge is 0.330 e. The predicted octanol–water partition coefficient (Wildman–Crippen LogP) is 1.14. The van der Waals surface area contributed by atoms with Crippen molar-refractivity contribution in [3.8, 4) is 23.0 Å². The van der Waals surface area contributed by atoms with Crippen LogP contribution in [0.3, 0.4) is 0 Å². The van der Waals surface area contributed by atoms with Crippen molar-refractivity contribution in [1.29, 1.82) is 0 Å². The van der Waals surface area contributed by atoms with Gasteiger partial charge in [-0.05, 0) is 41.5 Å². The molecule has 0 saturated carbocycles. The zero-order chi connectivity index (χ0) is 28.4. The molecule has 2 aromatic carbocycles. The largest absolute Gasteiger partial charge is 0.504 e. The van der Waals surface area contributed by atoms with Crippen molar-refractivity contribution in [3.05, 3.63) is 66.3 Å². The van der Waals surface area contributed by atoms with Crippen LogP contribution in [0.15, 0.2) is 55.1 Å². The number of fused-ring (bicyclic) bond motifs is 1. The number of aromatic nitrogens is 4. The van der Waals surface area contributed by atoms with Crippen LogP contribution in [-0.2, 0) is 20.8 Å². The fourth-order valence-corrected chi connectivity index (χ4v) is 4.15. The third-order valence-electron chi connectivity index (χ3n) is 6.27. The highest BCUT2D eigenvalue weighted by Crippen LogP contribution is 2.33. The summed E-state index contributed by atoms with van der Waals surface area (Å²) < 4.78 is 12.4. The van der Waals surface area contributed by atoms with E-state index in [2.05, 4.69) is 20.3 Å². The standard InChI is InChI=1S/C26H25N5O9/c32-15-4-1-13(7-17(15)34)3-6-20(36)39-10-19-22(37)23(38)26(40-19)31-12-30-21-24(28-11-29-25(21)31)27-9-14-2-5-16(33)18(35)8-14/h1-8,11-12,19,22-23,26,32-35,37-38H,9-10H2,(H,27,28,29)/b6-3+/t19-,22-,23-,26-/m1/s1. The molecule has 14 heteroatoms. The van der Waals surface area contributed by atoms with Crippen molar-refractivity contribution >= 4 is 29.0 Å². The van der Waals surface area contributed by atoms with Crippen LogP contribution in [0.25, 0.3) is 17.2 Å². The van der Waals surface area contributed by atoms with Gasteiger partial charge in [0, 0.05) is 12.6 Å². The molecule has 1 saturated heterocycles. The van der Waals surface area contributed by atoms with E-state index < -0.39 is 30.5 Å². The van der Waals surface area contributed by atoms with E-state index >= 15 is 0 Å². The van der Waals surface area contributed by atoms with Crippen LogP contribution in [0.1, 0.15) is 17.4 Å². The maximum Gasteiger partial charge on any atom is 0.330 e. The van der Waals surface area contributed by atoms with Crippen LogP contribution < -0.4 is 5.32 Å². The fourth-order valence-electron chi connectivity index (χ4n) is 4.15. The Morgan fingerprint density at radius 2 is 1.73 bits per heavy atom. The second-order valence-corrected chi connectivity index (χ2v) is 8.98. The first-order chi connectivity index (χ1) is 19.2. The van der Waals surface area contributed by atoms with Crippen molar-refractivity contribution in [1.82, 2.24) is 19.5 Å². The Labute approximate surface area is 226 Å². The van der Waals surface area contributed by atoms with E-state index in [9.17, 15) is 35.4 Å². The summed E-state index contributed by atoms with van der Waals surface area (Å²) in [6.07, 6.45) is 0.243. The number of hydrogen-bond acceptors (Lipinski definition) is 13. The maximum atomic E-state index is 12.1. The minimum absolute atomic E-state index is 0.232. The Bertz CT molecular complexity index is 1570. The van der Waals surface area contributed by atoms with E-state index in [0.717, 1.165) is 6.08 Å². The quantitative estimate of drug-likeness (QED) is 0.0931. The summed E-state index contributed by atoms with van der Waals surface area (Å²) in [5, 5.41) is 62.4. The Morgan fingerprint density at radius 3 is 2.48 bits per heavy atom. The molecule has 0 aliphatic carbocycles. The van der Waals surface area contributed by atoms with Crippen LogP contribution in [0, 0.1) is 0 Å². The fraction of sp³-hybridized carbons (Fsp3) is 0.231. The number of carbonyl (C=O) groups excluding carboxylic acids is 1. The SMILES string of the molecule is O=C(/C=C/c1ccc(O)c(O)c1)OC[C@H]1O[C@@H](n2cnc3c(NCc4ccc(O)c(O)c4)ncnc32)[C@H](O)[C@@H]1O. The molecule has 40 heavy (non-hydrogen) atoms. The van der Waals surface area contributed by atoms with Crippen molar-refractivity contribution in [2.24, 2.45) is 0 Å². The van der Waals surface area contributed by atoms with E-state index in [-0.39, 0.29) is 36.1 Å². The van der Waals surface area contributed by atoms with Gasteiger partial charge >= 0.3 is 5.97 Å². The number of aliphatic hydroxyl groups excluding tert-OH is 2. The first-order valence-corrected chi connectivity index (χ1v) is 12.0. The lowest BCUT2D eigenvalue weighted by molar-refractivity contribution is -0.144. The number of carbonyl (C=O) groups is 1. The highest BCUT2D eigenvalue weighted by molar-refractivity contribution is 5.87. The van der Waals surface area contributed by atoms with Crippen LogP contribution in [0.4, 0.5) is 5.82 Å². The van der Waals surface area contributed by atoms with Crippen LogP contribution in [0.2, 0.25) is 0 Å². The third kappa shape index (κ3) is 5.44. The van der Waals surface area contributed by atoms with E-state index in [1.807, 2.05) is 0 Å². The van der Waals surface area contributed by atoms with Gasteiger partial charge in [-0.15, -0.1) is 0 Å². The van der Waals surface area contributed by atoms with Gasteiger partial charge in [-0.1, -0.05) is 12.1 Å². The molecule has 5 rings (SSSR count). The van der Waals surface area contributed by atoms with Gasteiger partial charge in [-0.3, -0.25) is 4.57 Å². The molecule has 0 unspecified atom stereocenters. The number of rotatable bonds is 8. The first kappa shape index (κ1) is 26.7. The van der Waals surface area contributed by atoms with E-state index in [4.69, 9.17) is 9.47 Å². The summed E-state index contributed by atoms with van der Waals surface area (Å²) in [5.74, 6) is -1.50. The lowest BCUT2D eigenvalue weighted by atomic mass is 10.1. The minimum Gasteiger partial charge on any atom is -0.504 e. The highest BCUT2D eigenvalue weighted by Gasteiger charge is 2.45. The Kier molecular flexibility index (Phi) is 7.37. The number of aromatic hydroxyl groups is 4. The summed E-state index contributed by atoms with van der Waals surface area (Å²) in [6.45, 7) is -0.101. The van der Waals surface area contributed by atoms with Gasteiger partial charge in [0.25, 0.3) is 0 Å². The van der Waals surface area contributed by atoms with Gasteiger partial charge in [-0.2, -0.15) is 0 Å². The molecule has 14 nitrogen and oxygen atoms in total. The van der Waals surface area contributed by atoms with Crippen molar-refractivity contribution in [2.75, 3.05) is 11.9 Å². The number of nitrogens with zero attached hydrogens (tertiary/aromatic N) is 4. The zero-order valence-electron chi connectivity index (χ0n) is 20.7. The van der Waals surface area contributed by atoms with Crippen LogP contribution >= 0.6 is 0 Å². The molecule has 4 aromatic rings. The average molecular weight is 552 g/mol. The molecule has 0 bridgehead atoms. The molecule has 1 aliphatic heterocycles. The molecule has 3 heterocycles. The van der Waals surface area contributed by atoms with E-state index in [1.54, 1.807) is 6.07 Å². The summed E-state index contributed by atoms with van der Waals surface area (Å²) in [6, 6.07) is 8.43. The Hall–Kier alpha value is -4.92. The number of anilines is 1. The number of nitrogens with one attached hydrogen (secondary N) is 1. The van der Waals surface area contributed by atoms with Gasteiger partial charge in [0.15, 0.2) is 46.2 Å². The summed E-state index contributed by atoms with van der Waals surface area (Å²) in [4.78, 5) is 24.9. The third-order valence-corrected chi connectivity index (χ3v) is 6.27. The molecular formula is C26H25N5O9. The molecule has 2 aromatic heterocycles. The van der Waals surface area contributed by atoms with Gasteiger partial charge in [-0.25, -0.2) is 19.7 Å². The molecule has 208 valence electrons. The molecule has 7 N–H and O–H groups in total. The first-order valence-electron chi connectivity index (χ1n) is 12.0. The van der Waals surface area contributed by atoms with Crippen molar-refractivity contribution in [3.63, 3.8) is 0 Å². The van der Waals surface area contributed by atoms with Gasteiger partial charge in [0.2, 0.25) is 0 Å². The van der Waals surface area contributed by atoms with E-state index in [0.29, 0.717) is 28.1 Å². The maximum absolute atomic E-state index is 12.1. The topological polar surface area (TPSA) is 213 Å². The number of phenols is 4. The summed E-state index contributed by atoms with van der Waals surface area (Å²) >= 11 is 0.